The van der Waals surface area contributed by atoms with E-state index in [9.17, 15) is 39.5 Å². The fourth-order valence-electron chi connectivity index (χ4n) is 0.431. The minimum atomic E-state index is -8.37. The van der Waals surface area contributed by atoms with E-state index in [-0.39, 0.29) is 0 Å². The molecule has 0 spiro atoms. The van der Waals surface area contributed by atoms with Crippen molar-refractivity contribution in [2.45, 2.75) is 17.8 Å². The van der Waals surface area contributed by atoms with Gasteiger partial charge in [-0.15, -0.1) is 0 Å². The molecule has 0 aromatic carbocycles. The van der Waals surface area contributed by atoms with Gasteiger partial charge >= 0.3 is 81.1 Å². The molecule has 0 heterocycles. The van der Waals surface area contributed by atoms with Crippen molar-refractivity contribution in [1.82, 2.24) is 0 Å². The molecule has 0 aromatic heterocycles. The molecule has 0 atom stereocenters. The zero-order chi connectivity index (χ0) is 12.9. The van der Waals surface area contributed by atoms with Crippen LogP contribution in [0.1, 0.15) is 0 Å². The van der Waals surface area contributed by atoms with Gasteiger partial charge in [0.25, 0.3) is 0 Å². The van der Waals surface area contributed by atoms with Gasteiger partial charge in [0.1, 0.15) is 0 Å². The maximum absolute atomic E-state index is 12.0. The van der Waals surface area contributed by atoms with Crippen molar-refractivity contribution in [3.8, 4) is 0 Å². The Morgan fingerprint density at radius 2 is 0.800 bits per heavy atom. The summed E-state index contributed by atoms with van der Waals surface area (Å²) in [7, 11) is 0. The molecule has 0 rings (SSSR count). The Morgan fingerprint density at radius 3 is 0.800 bits per heavy atom. The Kier molecular flexibility index (Phi) is 3.08. The Labute approximate surface area is 82.1 Å². The molecular formula is C4H3ClF9P. The van der Waals surface area contributed by atoms with Gasteiger partial charge in [-0.05, 0) is 0 Å². The second kappa shape index (κ2) is 3.06. The first kappa shape index (κ1) is 15.1. The van der Waals surface area contributed by atoms with Crippen LogP contribution < -0.4 is 0 Å². The summed E-state index contributed by atoms with van der Waals surface area (Å²) in [6.07, 6.45) is 0. The van der Waals surface area contributed by atoms with E-state index >= 15 is 0 Å². The van der Waals surface area contributed by atoms with Gasteiger partial charge in [0.05, 0.1) is 0 Å². The van der Waals surface area contributed by atoms with Crippen molar-refractivity contribution < 1.29 is 39.5 Å². The van der Waals surface area contributed by atoms with Crippen LogP contribution in [0.15, 0.2) is 0 Å². The second-order valence-corrected chi connectivity index (χ2v) is 9.75. The van der Waals surface area contributed by atoms with Gasteiger partial charge < -0.3 is 0 Å². The number of alkyl halides is 9. The van der Waals surface area contributed by atoms with Crippen LogP contribution in [-0.4, -0.2) is 24.4 Å². The number of halogens is 10. The molecule has 0 aliphatic rings. The molecule has 0 fully saturated rings. The molecule has 0 aromatic rings. The molecule has 0 aliphatic heterocycles. The summed E-state index contributed by atoms with van der Waals surface area (Å²) in [6.45, 7) is -1.02. The molecule has 0 radical (unpaired) electrons. The average Bonchev–Trinajstić information content (AvgIpc) is 1.78. The molecule has 0 aliphatic carbocycles. The quantitative estimate of drug-likeness (QED) is 0.440. The summed E-state index contributed by atoms with van der Waals surface area (Å²) >= 11 is 3.98. The zero-order valence-electron chi connectivity index (χ0n) is 6.73. The Bertz CT molecular complexity index is 214. The average molecular weight is 288 g/mol. The molecule has 0 amide bonds. The van der Waals surface area contributed by atoms with E-state index < -0.39 is 30.4 Å². The third kappa shape index (κ3) is 1.58. The van der Waals surface area contributed by atoms with E-state index in [1.165, 1.54) is 0 Å². The summed E-state index contributed by atoms with van der Waals surface area (Å²) in [5, 5.41) is 0. The SMILES string of the molecule is CP(Cl)(C(F)(F)F)(C(F)(F)F)C(F)(F)F. The van der Waals surface area contributed by atoms with E-state index in [1.807, 2.05) is 0 Å². The van der Waals surface area contributed by atoms with E-state index in [0.29, 0.717) is 0 Å². The summed E-state index contributed by atoms with van der Waals surface area (Å²) in [4.78, 5) is 0. The summed E-state index contributed by atoms with van der Waals surface area (Å²) in [5.74, 6) is -28.2. The van der Waals surface area contributed by atoms with E-state index in [0.717, 1.165) is 0 Å². The van der Waals surface area contributed by atoms with Crippen molar-refractivity contribution in [2.24, 2.45) is 0 Å². The van der Waals surface area contributed by atoms with Crippen LogP contribution in [0.3, 0.4) is 0 Å². The molecule has 0 unspecified atom stereocenters. The third-order valence-electron chi connectivity index (χ3n) is 1.81. The van der Waals surface area contributed by atoms with Crippen LogP contribution in [0.5, 0.6) is 0 Å². The predicted octanol–water partition coefficient (Wildman–Crippen LogP) is 4.88. The van der Waals surface area contributed by atoms with Crippen LogP contribution in [0.4, 0.5) is 39.5 Å². The van der Waals surface area contributed by atoms with Gasteiger partial charge in [-0.25, -0.2) is 0 Å². The van der Waals surface area contributed by atoms with E-state index in [1.54, 1.807) is 0 Å². The second-order valence-electron chi connectivity index (χ2n) is 2.83. The van der Waals surface area contributed by atoms with Crippen molar-refractivity contribution in [2.75, 3.05) is 6.66 Å². The van der Waals surface area contributed by atoms with Gasteiger partial charge in [0.15, 0.2) is 0 Å². The Balaban J connectivity index is 6.08. The standard InChI is InChI=1S/C4H3ClF9P/c1-15(5,2(6,7)8,3(9,10)11)4(12,13)14/h1H3. The van der Waals surface area contributed by atoms with Crippen molar-refractivity contribution in [3.05, 3.63) is 0 Å². The fourth-order valence-corrected chi connectivity index (χ4v) is 1.29. The summed E-state index contributed by atoms with van der Waals surface area (Å²) in [5.41, 5.74) is 0. The maximum atomic E-state index is 12.0. The molecule has 0 saturated heterocycles. The molecular weight excluding hydrogens is 285 g/mol. The van der Waals surface area contributed by atoms with Gasteiger partial charge in [-0.1, -0.05) is 0 Å². The Morgan fingerprint density at radius 1 is 0.667 bits per heavy atom. The van der Waals surface area contributed by atoms with Crippen molar-refractivity contribution >= 4 is 17.2 Å². The minimum absolute atomic E-state index is 1.02. The molecule has 0 saturated carbocycles. The fraction of sp³-hybridized carbons (Fsp3) is 1.00. The molecule has 15 heavy (non-hydrogen) atoms. The molecule has 11 heteroatoms. The third-order valence-corrected chi connectivity index (χ3v) is 7.15. The molecule has 94 valence electrons. The van der Waals surface area contributed by atoms with Gasteiger partial charge in [0.2, 0.25) is 0 Å². The van der Waals surface area contributed by atoms with Crippen LogP contribution in [0, 0.1) is 0 Å². The van der Waals surface area contributed by atoms with E-state index in [2.05, 4.69) is 11.2 Å². The molecule has 0 nitrogen and oxygen atoms in total. The first-order valence-corrected chi connectivity index (χ1v) is 6.58. The van der Waals surface area contributed by atoms with Gasteiger partial charge in [-0.3, -0.25) is 0 Å². The topological polar surface area (TPSA) is 0 Å². The zero-order valence-corrected chi connectivity index (χ0v) is 8.38. The van der Waals surface area contributed by atoms with E-state index in [4.69, 9.17) is 0 Å². The van der Waals surface area contributed by atoms with Crippen LogP contribution >= 0.6 is 17.2 Å². The monoisotopic (exact) mass is 288 g/mol. The number of rotatable bonds is 0. The van der Waals surface area contributed by atoms with Gasteiger partial charge in [-0.2, -0.15) is 0 Å². The Hall–Kier alpha value is 0.0900. The van der Waals surface area contributed by atoms with Crippen LogP contribution in [0.2, 0.25) is 0 Å². The van der Waals surface area contributed by atoms with Crippen LogP contribution in [0.25, 0.3) is 0 Å². The first-order valence-electron chi connectivity index (χ1n) is 2.99. The predicted molar refractivity (Wildman–Crippen MR) is 36.9 cm³/mol. The van der Waals surface area contributed by atoms with Crippen molar-refractivity contribution in [1.29, 1.82) is 0 Å². The van der Waals surface area contributed by atoms with Crippen molar-refractivity contribution in [3.63, 3.8) is 0 Å². The molecule has 0 bridgehead atoms. The normalized spacial score (nSPS) is 18.5. The number of hydrogen-bond acceptors (Lipinski definition) is 0. The summed E-state index contributed by atoms with van der Waals surface area (Å²) in [6, 6.07) is 0. The number of hydrogen-bond donors (Lipinski definition) is 0. The van der Waals surface area contributed by atoms with Gasteiger partial charge in [0, 0.05) is 0 Å². The molecule has 0 N–H and O–H groups in total. The van der Waals surface area contributed by atoms with Crippen LogP contribution in [-0.2, 0) is 0 Å². The first-order chi connectivity index (χ1) is 6.07. The summed E-state index contributed by atoms with van der Waals surface area (Å²) < 4.78 is 108.